The minimum absolute atomic E-state index is 0.0297. The molecule has 0 saturated heterocycles. The van der Waals surface area contributed by atoms with Crippen molar-refractivity contribution in [3.63, 3.8) is 0 Å². The van der Waals surface area contributed by atoms with E-state index in [1.165, 1.54) is 0 Å². The second kappa shape index (κ2) is 6.26. The van der Waals surface area contributed by atoms with Gasteiger partial charge in [-0.3, -0.25) is 4.68 Å². The standard InChI is InChI=1S/C14H15F4N3/c1-21-7-5-12(20-21)4-6-19-9-10-2-3-11(15)8-13(10)14(16,17)18/h2-3,5,7-8,19H,4,6,9H2,1H3. The molecule has 0 amide bonds. The molecule has 114 valence electrons. The summed E-state index contributed by atoms with van der Waals surface area (Å²) in [5, 5.41) is 7.09. The van der Waals surface area contributed by atoms with Crippen LogP contribution in [-0.2, 0) is 26.2 Å². The minimum Gasteiger partial charge on any atom is -0.312 e. The number of nitrogens with one attached hydrogen (secondary N) is 1. The van der Waals surface area contributed by atoms with Gasteiger partial charge in [0.05, 0.1) is 11.3 Å². The van der Waals surface area contributed by atoms with Gasteiger partial charge in [0.25, 0.3) is 0 Å². The number of hydrogen-bond acceptors (Lipinski definition) is 2. The lowest BCUT2D eigenvalue weighted by atomic mass is 10.1. The van der Waals surface area contributed by atoms with Gasteiger partial charge in [0.2, 0.25) is 0 Å². The Kier molecular flexibility index (Phi) is 4.62. The second-order valence-corrected chi connectivity index (χ2v) is 4.71. The summed E-state index contributed by atoms with van der Waals surface area (Å²) in [5.74, 6) is -0.889. The number of hydrogen-bond donors (Lipinski definition) is 1. The molecule has 0 aliphatic carbocycles. The van der Waals surface area contributed by atoms with Gasteiger partial charge < -0.3 is 5.32 Å². The van der Waals surface area contributed by atoms with Crippen LogP contribution in [0.15, 0.2) is 30.5 Å². The zero-order valence-electron chi connectivity index (χ0n) is 11.4. The van der Waals surface area contributed by atoms with Gasteiger partial charge in [-0.05, 0) is 23.8 Å². The van der Waals surface area contributed by atoms with E-state index >= 15 is 0 Å². The number of aromatic nitrogens is 2. The maximum atomic E-state index is 13.0. The maximum Gasteiger partial charge on any atom is 0.416 e. The van der Waals surface area contributed by atoms with E-state index in [1.54, 1.807) is 17.9 Å². The second-order valence-electron chi connectivity index (χ2n) is 4.71. The van der Waals surface area contributed by atoms with E-state index in [-0.39, 0.29) is 12.1 Å². The van der Waals surface area contributed by atoms with E-state index < -0.39 is 17.6 Å². The van der Waals surface area contributed by atoms with E-state index in [0.29, 0.717) is 19.0 Å². The summed E-state index contributed by atoms with van der Waals surface area (Å²) in [4.78, 5) is 0. The van der Waals surface area contributed by atoms with Crippen LogP contribution in [0.5, 0.6) is 0 Å². The Balaban J connectivity index is 1.94. The predicted octanol–water partition coefficient (Wildman–Crippen LogP) is 2.91. The highest BCUT2D eigenvalue weighted by atomic mass is 19.4. The van der Waals surface area contributed by atoms with E-state index in [9.17, 15) is 17.6 Å². The fraction of sp³-hybridized carbons (Fsp3) is 0.357. The van der Waals surface area contributed by atoms with Gasteiger partial charge in [0, 0.05) is 32.8 Å². The van der Waals surface area contributed by atoms with Crippen LogP contribution in [0.25, 0.3) is 0 Å². The van der Waals surface area contributed by atoms with Crippen molar-refractivity contribution in [1.82, 2.24) is 15.1 Å². The van der Waals surface area contributed by atoms with E-state index in [4.69, 9.17) is 0 Å². The van der Waals surface area contributed by atoms with Crippen LogP contribution in [0.1, 0.15) is 16.8 Å². The quantitative estimate of drug-likeness (QED) is 0.680. The molecule has 1 heterocycles. The monoisotopic (exact) mass is 301 g/mol. The molecule has 0 radical (unpaired) electrons. The van der Waals surface area contributed by atoms with Crippen LogP contribution in [0.2, 0.25) is 0 Å². The maximum absolute atomic E-state index is 13.0. The molecule has 0 bridgehead atoms. The van der Waals surface area contributed by atoms with Crippen LogP contribution < -0.4 is 5.32 Å². The summed E-state index contributed by atoms with van der Waals surface area (Å²) >= 11 is 0. The normalized spacial score (nSPS) is 11.9. The molecule has 21 heavy (non-hydrogen) atoms. The van der Waals surface area contributed by atoms with Crippen molar-refractivity contribution >= 4 is 0 Å². The number of benzene rings is 1. The lowest BCUT2D eigenvalue weighted by Crippen LogP contribution is -2.20. The zero-order valence-corrected chi connectivity index (χ0v) is 11.4. The van der Waals surface area contributed by atoms with Gasteiger partial charge in [-0.2, -0.15) is 18.3 Å². The minimum atomic E-state index is -4.56. The number of nitrogens with zero attached hydrogens (tertiary/aromatic N) is 2. The van der Waals surface area contributed by atoms with E-state index in [2.05, 4.69) is 10.4 Å². The van der Waals surface area contributed by atoms with Crippen LogP contribution in [0.4, 0.5) is 17.6 Å². The molecule has 0 unspecified atom stereocenters. The van der Waals surface area contributed by atoms with Crippen molar-refractivity contribution in [2.45, 2.75) is 19.1 Å². The predicted molar refractivity (Wildman–Crippen MR) is 70.0 cm³/mol. The number of aryl methyl sites for hydroxylation is 1. The first-order valence-corrected chi connectivity index (χ1v) is 6.41. The molecule has 0 aliphatic heterocycles. The van der Waals surface area contributed by atoms with Gasteiger partial charge in [0.1, 0.15) is 5.82 Å². The molecule has 0 aliphatic rings. The third-order valence-corrected chi connectivity index (χ3v) is 3.02. The smallest absolute Gasteiger partial charge is 0.312 e. The molecule has 1 aromatic carbocycles. The highest BCUT2D eigenvalue weighted by Crippen LogP contribution is 2.32. The Bertz CT molecular complexity index is 605. The largest absolute Gasteiger partial charge is 0.416 e. The SMILES string of the molecule is Cn1ccc(CCNCc2ccc(F)cc2C(F)(F)F)n1. The fourth-order valence-electron chi connectivity index (χ4n) is 2.00. The van der Waals surface area contributed by atoms with Gasteiger partial charge in [-0.25, -0.2) is 4.39 Å². The number of halogens is 4. The molecule has 0 saturated carbocycles. The molecule has 2 aromatic rings. The van der Waals surface area contributed by atoms with Crippen molar-refractivity contribution in [2.75, 3.05) is 6.54 Å². The van der Waals surface area contributed by atoms with E-state index in [0.717, 1.165) is 17.8 Å². The van der Waals surface area contributed by atoms with Gasteiger partial charge in [-0.1, -0.05) is 6.07 Å². The Morgan fingerprint density at radius 1 is 1.24 bits per heavy atom. The third kappa shape index (κ3) is 4.29. The average molecular weight is 301 g/mol. The lowest BCUT2D eigenvalue weighted by Gasteiger charge is -2.13. The molecule has 0 spiro atoms. The first-order valence-electron chi connectivity index (χ1n) is 6.41. The third-order valence-electron chi connectivity index (χ3n) is 3.02. The molecule has 7 heteroatoms. The first kappa shape index (κ1) is 15.5. The summed E-state index contributed by atoms with van der Waals surface area (Å²) in [6.07, 6.45) is -2.14. The summed E-state index contributed by atoms with van der Waals surface area (Å²) in [7, 11) is 1.80. The van der Waals surface area contributed by atoms with Crippen molar-refractivity contribution in [3.8, 4) is 0 Å². The molecular formula is C14H15F4N3. The lowest BCUT2D eigenvalue weighted by molar-refractivity contribution is -0.138. The summed E-state index contributed by atoms with van der Waals surface area (Å²) in [6, 6.07) is 4.56. The molecule has 0 atom stereocenters. The number of alkyl halides is 3. The first-order chi connectivity index (χ1) is 9.86. The Morgan fingerprint density at radius 2 is 2.00 bits per heavy atom. The van der Waals surface area contributed by atoms with Crippen molar-refractivity contribution in [2.24, 2.45) is 7.05 Å². The van der Waals surface area contributed by atoms with Gasteiger partial charge >= 0.3 is 6.18 Å². The summed E-state index contributed by atoms with van der Waals surface area (Å²) in [5.41, 5.74) is -0.0436. The number of rotatable bonds is 5. The Labute approximate surface area is 119 Å². The van der Waals surface area contributed by atoms with Crippen LogP contribution in [-0.4, -0.2) is 16.3 Å². The van der Waals surface area contributed by atoms with E-state index in [1.807, 2.05) is 6.07 Å². The van der Waals surface area contributed by atoms with Crippen molar-refractivity contribution in [1.29, 1.82) is 0 Å². The highest BCUT2D eigenvalue weighted by Gasteiger charge is 2.33. The van der Waals surface area contributed by atoms with Gasteiger partial charge in [0.15, 0.2) is 0 Å². The Hall–Kier alpha value is -1.89. The molecule has 1 N–H and O–H groups in total. The Morgan fingerprint density at radius 3 is 2.62 bits per heavy atom. The molecule has 3 nitrogen and oxygen atoms in total. The summed E-state index contributed by atoms with van der Waals surface area (Å²) < 4.78 is 53.0. The average Bonchev–Trinajstić information content (AvgIpc) is 2.81. The summed E-state index contributed by atoms with van der Waals surface area (Å²) in [6.45, 7) is 0.521. The van der Waals surface area contributed by atoms with Crippen LogP contribution in [0.3, 0.4) is 0 Å². The molecular weight excluding hydrogens is 286 g/mol. The molecule has 0 fully saturated rings. The van der Waals surface area contributed by atoms with Crippen LogP contribution >= 0.6 is 0 Å². The molecule has 1 aromatic heterocycles. The fourth-order valence-corrected chi connectivity index (χ4v) is 2.00. The van der Waals surface area contributed by atoms with Gasteiger partial charge in [-0.15, -0.1) is 0 Å². The zero-order chi connectivity index (χ0) is 15.5. The highest BCUT2D eigenvalue weighted by molar-refractivity contribution is 5.30. The van der Waals surface area contributed by atoms with Crippen molar-refractivity contribution < 1.29 is 17.6 Å². The topological polar surface area (TPSA) is 29.9 Å². The molecule has 2 rings (SSSR count). The van der Waals surface area contributed by atoms with Crippen molar-refractivity contribution in [3.05, 3.63) is 53.1 Å². The van der Waals surface area contributed by atoms with Crippen LogP contribution in [0, 0.1) is 5.82 Å².